The molecular weight excluding hydrogens is 472 g/mol. The van der Waals surface area contributed by atoms with Gasteiger partial charge in [0.15, 0.2) is 17.3 Å². The van der Waals surface area contributed by atoms with E-state index in [2.05, 4.69) is 0 Å². The summed E-state index contributed by atoms with van der Waals surface area (Å²) in [7, 11) is 0. The first-order chi connectivity index (χ1) is 17.8. The van der Waals surface area contributed by atoms with E-state index in [0.29, 0.717) is 39.0 Å². The van der Waals surface area contributed by atoms with Crippen molar-refractivity contribution in [1.82, 2.24) is 0 Å². The lowest BCUT2D eigenvalue weighted by molar-refractivity contribution is 0.0883. The summed E-state index contributed by atoms with van der Waals surface area (Å²) in [6.07, 6.45) is 2.91. The molecule has 182 valence electrons. The van der Waals surface area contributed by atoms with Crippen molar-refractivity contribution in [3.8, 4) is 17.2 Å². The molecule has 3 aromatic rings. The standard InChI is InChI=1S/C30H20O7/c31-12-13-8-16-26(22(35)9-13)23(36)10-14-11-24(37)27-17(2-1-3-19(27)32)30(14)18-5-7-21(34)28-20(33)6-4-15(25(18)28)29(16)30/h1-9,14,31-32,34-35H,10-12H2. The molecule has 7 heteroatoms. The van der Waals surface area contributed by atoms with E-state index in [1.165, 1.54) is 24.3 Å². The summed E-state index contributed by atoms with van der Waals surface area (Å²) < 4.78 is 0. The number of fused-ring (bicyclic) bond motifs is 3. The molecule has 7 nitrogen and oxygen atoms in total. The van der Waals surface area contributed by atoms with Crippen LogP contribution in [-0.2, 0) is 12.0 Å². The fourth-order valence-electron chi connectivity index (χ4n) is 7.07. The molecule has 4 N–H and O–H groups in total. The first kappa shape index (κ1) is 21.8. The zero-order valence-corrected chi connectivity index (χ0v) is 19.4. The number of carbonyl (C=O) groups excluding carboxylic acids is 3. The van der Waals surface area contributed by atoms with Crippen molar-refractivity contribution < 1.29 is 34.8 Å². The van der Waals surface area contributed by atoms with E-state index in [9.17, 15) is 34.8 Å². The molecule has 0 aromatic heterocycles. The Bertz CT molecular complexity index is 1710. The van der Waals surface area contributed by atoms with Crippen LogP contribution in [-0.4, -0.2) is 37.8 Å². The van der Waals surface area contributed by atoms with Gasteiger partial charge < -0.3 is 20.4 Å². The second-order valence-corrected chi connectivity index (χ2v) is 10.0. The number of aliphatic hydroxyl groups excluding tert-OH is 1. The van der Waals surface area contributed by atoms with Gasteiger partial charge in [0.2, 0.25) is 0 Å². The fraction of sp³-hybridized carbons (Fsp3) is 0.167. The topological polar surface area (TPSA) is 132 Å². The van der Waals surface area contributed by atoms with Crippen molar-refractivity contribution in [3.05, 3.63) is 99.1 Å². The normalized spacial score (nSPS) is 22.7. The lowest BCUT2D eigenvalue weighted by Gasteiger charge is -2.44. The van der Waals surface area contributed by atoms with E-state index in [4.69, 9.17) is 0 Å². The Morgan fingerprint density at radius 2 is 1.46 bits per heavy atom. The molecule has 0 saturated carbocycles. The average molecular weight is 492 g/mol. The summed E-state index contributed by atoms with van der Waals surface area (Å²) in [6, 6.07) is 11.0. The number of ketones is 3. The third-order valence-electron chi connectivity index (χ3n) is 8.32. The van der Waals surface area contributed by atoms with Crippen LogP contribution in [0.3, 0.4) is 0 Å². The van der Waals surface area contributed by atoms with Crippen molar-refractivity contribution in [2.75, 3.05) is 0 Å². The van der Waals surface area contributed by atoms with Gasteiger partial charge >= 0.3 is 0 Å². The van der Waals surface area contributed by atoms with Crippen LogP contribution in [0.1, 0.15) is 71.7 Å². The predicted octanol–water partition coefficient (Wildman–Crippen LogP) is 4.05. The zero-order valence-electron chi connectivity index (χ0n) is 19.4. The molecule has 2 atom stereocenters. The highest BCUT2D eigenvalue weighted by Crippen LogP contribution is 2.66. The summed E-state index contributed by atoms with van der Waals surface area (Å²) in [4.78, 5) is 40.0. The number of hydrogen-bond acceptors (Lipinski definition) is 7. The molecule has 0 bridgehead atoms. The van der Waals surface area contributed by atoms with Crippen LogP contribution in [0.5, 0.6) is 17.2 Å². The van der Waals surface area contributed by atoms with E-state index in [1.807, 2.05) is 0 Å². The van der Waals surface area contributed by atoms with Crippen LogP contribution in [0.2, 0.25) is 0 Å². The first-order valence-corrected chi connectivity index (χ1v) is 12.0. The minimum atomic E-state index is -1.13. The number of aliphatic hydroxyl groups is 1. The molecule has 0 saturated heterocycles. The summed E-state index contributed by atoms with van der Waals surface area (Å²) >= 11 is 0. The number of rotatable bonds is 1. The smallest absolute Gasteiger partial charge is 0.190 e. The van der Waals surface area contributed by atoms with Crippen LogP contribution in [0, 0.1) is 5.92 Å². The van der Waals surface area contributed by atoms with E-state index < -0.39 is 11.3 Å². The Kier molecular flexibility index (Phi) is 4.15. The molecule has 0 aliphatic heterocycles. The third-order valence-corrected chi connectivity index (χ3v) is 8.32. The minimum absolute atomic E-state index is 0.0397. The van der Waals surface area contributed by atoms with E-state index >= 15 is 0 Å². The largest absolute Gasteiger partial charge is 0.507 e. The number of hydrogen-bond donors (Lipinski definition) is 4. The Morgan fingerprint density at radius 3 is 2.22 bits per heavy atom. The Hall–Kier alpha value is -4.49. The number of aromatic hydroxyl groups is 3. The van der Waals surface area contributed by atoms with Gasteiger partial charge in [-0.15, -0.1) is 0 Å². The summed E-state index contributed by atoms with van der Waals surface area (Å²) in [6.45, 7) is -0.378. The zero-order chi connectivity index (χ0) is 25.8. The number of Topliss-reactive ketones (excluding diaryl/α,β-unsaturated/α-hetero) is 2. The quantitative estimate of drug-likeness (QED) is 0.403. The number of allylic oxidation sites excluding steroid dienone is 4. The van der Waals surface area contributed by atoms with Gasteiger partial charge in [-0.05, 0) is 69.7 Å². The van der Waals surface area contributed by atoms with Gasteiger partial charge in [-0.25, -0.2) is 0 Å². The van der Waals surface area contributed by atoms with Crippen LogP contribution >= 0.6 is 0 Å². The van der Waals surface area contributed by atoms with Crippen LogP contribution in [0.4, 0.5) is 0 Å². The Morgan fingerprint density at radius 1 is 0.757 bits per heavy atom. The van der Waals surface area contributed by atoms with Gasteiger partial charge in [0.25, 0.3) is 0 Å². The molecule has 4 aliphatic carbocycles. The highest BCUT2D eigenvalue weighted by molar-refractivity contribution is 6.24. The van der Waals surface area contributed by atoms with Crippen molar-refractivity contribution in [1.29, 1.82) is 0 Å². The average Bonchev–Trinajstić information content (AvgIpc) is 3.09. The highest BCUT2D eigenvalue weighted by atomic mass is 16.3. The first-order valence-electron chi connectivity index (χ1n) is 12.0. The lowest BCUT2D eigenvalue weighted by Crippen LogP contribution is -2.42. The summed E-state index contributed by atoms with van der Waals surface area (Å²) in [5.41, 5.74) is 2.93. The van der Waals surface area contributed by atoms with Gasteiger partial charge in [-0.3, -0.25) is 14.4 Å². The molecule has 2 unspecified atom stereocenters. The van der Waals surface area contributed by atoms with Gasteiger partial charge in [-0.1, -0.05) is 24.3 Å². The third kappa shape index (κ3) is 2.46. The SMILES string of the molecule is O=C1CC2CC(=O)c3c(O)cccc3C23C(=C2C=CC(=O)c4c(O)ccc3c42)c2cc(CO)cc(O)c21. The van der Waals surface area contributed by atoms with E-state index in [0.717, 1.165) is 0 Å². The Balaban J connectivity index is 1.75. The maximum Gasteiger partial charge on any atom is 0.190 e. The molecule has 0 fully saturated rings. The van der Waals surface area contributed by atoms with E-state index in [-0.39, 0.29) is 70.7 Å². The van der Waals surface area contributed by atoms with E-state index in [1.54, 1.807) is 30.3 Å². The van der Waals surface area contributed by atoms with Gasteiger partial charge in [-0.2, -0.15) is 0 Å². The molecule has 37 heavy (non-hydrogen) atoms. The minimum Gasteiger partial charge on any atom is -0.507 e. The maximum atomic E-state index is 13.7. The van der Waals surface area contributed by atoms with Gasteiger partial charge in [0.05, 0.1) is 28.7 Å². The second-order valence-electron chi connectivity index (χ2n) is 10.0. The number of carbonyl (C=O) groups is 3. The molecule has 0 radical (unpaired) electrons. The molecule has 1 spiro atoms. The summed E-state index contributed by atoms with van der Waals surface area (Å²) in [5, 5.41) is 42.4. The van der Waals surface area contributed by atoms with Crippen molar-refractivity contribution in [2.24, 2.45) is 5.92 Å². The van der Waals surface area contributed by atoms with Crippen LogP contribution in [0.25, 0.3) is 11.1 Å². The molecule has 7 rings (SSSR count). The number of benzene rings is 3. The van der Waals surface area contributed by atoms with Gasteiger partial charge in [0.1, 0.15) is 17.2 Å². The van der Waals surface area contributed by atoms with Crippen molar-refractivity contribution in [3.63, 3.8) is 0 Å². The molecule has 0 heterocycles. The Labute approximate surface area is 210 Å². The molecule has 4 aliphatic rings. The van der Waals surface area contributed by atoms with Crippen LogP contribution in [0.15, 0.2) is 54.6 Å². The maximum absolute atomic E-state index is 13.7. The molecule has 3 aromatic carbocycles. The lowest BCUT2D eigenvalue weighted by atomic mass is 9.56. The van der Waals surface area contributed by atoms with Gasteiger partial charge in [0, 0.05) is 18.4 Å². The van der Waals surface area contributed by atoms with Crippen molar-refractivity contribution >= 4 is 28.5 Å². The predicted molar refractivity (Wildman–Crippen MR) is 133 cm³/mol. The summed E-state index contributed by atoms with van der Waals surface area (Å²) in [5.74, 6) is -2.21. The van der Waals surface area contributed by atoms with Crippen LogP contribution < -0.4 is 0 Å². The molecular formula is C30H20O7. The second kappa shape index (κ2) is 7.05. The molecule has 0 amide bonds. The van der Waals surface area contributed by atoms with Crippen molar-refractivity contribution in [2.45, 2.75) is 24.9 Å². The number of phenols is 3. The monoisotopic (exact) mass is 492 g/mol. The number of phenolic OH excluding ortho intramolecular Hbond substituents is 3. The highest BCUT2D eigenvalue weighted by Gasteiger charge is 2.59. The fourth-order valence-corrected chi connectivity index (χ4v) is 7.07.